The first-order chi connectivity index (χ1) is 11.5. The van der Waals surface area contributed by atoms with Crippen molar-refractivity contribution < 1.29 is 30.0 Å². The number of hydrogen-bond donors (Lipinski definition) is 4. The van der Waals surface area contributed by atoms with Crippen LogP contribution >= 0.6 is 0 Å². The van der Waals surface area contributed by atoms with Gasteiger partial charge in [0.2, 0.25) is 0 Å². The van der Waals surface area contributed by atoms with Gasteiger partial charge in [-0.3, -0.25) is 4.90 Å². The minimum atomic E-state index is -1.39. The highest BCUT2D eigenvalue weighted by atomic mass is 16.5. The molecule has 1 aromatic rings. The van der Waals surface area contributed by atoms with E-state index >= 15 is 0 Å². The molecule has 24 heavy (non-hydrogen) atoms. The molecule has 7 heteroatoms. The molecule has 2 aliphatic heterocycles. The molecule has 0 amide bonds. The largest absolute Gasteiger partial charge is 0.457 e. The van der Waals surface area contributed by atoms with Gasteiger partial charge in [-0.15, -0.1) is 0 Å². The molecule has 0 spiro atoms. The minimum absolute atomic E-state index is 0.346. The Balaban J connectivity index is 1.80. The number of esters is 1. The van der Waals surface area contributed by atoms with Gasteiger partial charge in [0.05, 0.1) is 24.3 Å². The first kappa shape index (κ1) is 17.3. The molecule has 0 aromatic heterocycles. The van der Waals surface area contributed by atoms with Crippen LogP contribution in [0.5, 0.6) is 0 Å². The molecule has 2 aliphatic rings. The Kier molecular flexibility index (Phi) is 5.17. The van der Waals surface area contributed by atoms with Crippen molar-refractivity contribution in [1.82, 2.24) is 4.90 Å². The molecule has 1 aromatic carbocycles. The van der Waals surface area contributed by atoms with Gasteiger partial charge >= 0.3 is 5.97 Å². The maximum Gasteiger partial charge on any atom is 0.338 e. The van der Waals surface area contributed by atoms with Crippen LogP contribution in [0.2, 0.25) is 0 Å². The van der Waals surface area contributed by atoms with E-state index in [-0.39, 0.29) is 6.61 Å². The van der Waals surface area contributed by atoms with Gasteiger partial charge in [0.1, 0.15) is 24.4 Å². The van der Waals surface area contributed by atoms with E-state index in [1.54, 1.807) is 35.2 Å². The lowest BCUT2D eigenvalue weighted by molar-refractivity contribution is -0.199. The molecule has 6 atom stereocenters. The normalized spacial score (nSPS) is 36.8. The molecule has 0 radical (unpaired) electrons. The van der Waals surface area contributed by atoms with Crippen molar-refractivity contribution in [2.24, 2.45) is 0 Å². The van der Waals surface area contributed by atoms with E-state index < -0.39 is 42.5 Å². The Bertz CT molecular complexity index is 567. The second-order valence-corrected chi connectivity index (χ2v) is 6.40. The Morgan fingerprint density at radius 2 is 1.83 bits per heavy atom. The molecular formula is C17H23NO6. The summed E-state index contributed by atoms with van der Waals surface area (Å²) in [5.41, 5.74) is 0.416. The van der Waals surface area contributed by atoms with Crippen LogP contribution in [0.15, 0.2) is 30.3 Å². The van der Waals surface area contributed by atoms with Gasteiger partial charge in [0, 0.05) is 0 Å². The highest BCUT2D eigenvalue weighted by Gasteiger charge is 2.52. The zero-order valence-corrected chi connectivity index (χ0v) is 13.2. The first-order valence-corrected chi connectivity index (χ1v) is 8.21. The zero-order chi connectivity index (χ0) is 17.3. The summed E-state index contributed by atoms with van der Waals surface area (Å²) < 4.78 is 5.58. The fourth-order valence-electron chi connectivity index (χ4n) is 3.76. The molecule has 0 bridgehead atoms. The molecule has 4 N–H and O–H groups in total. The second kappa shape index (κ2) is 7.16. The molecule has 3 rings (SSSR count). The average Bonchev–Trinajstić information content (AvgIpc) is 2.61. The molecule has 2 heterocycles. The molecule has 2 saturated heterocycles. The van der Waals surface area contributed by atoms with Crippen molar-refractivity contribution in [3.05, 3.63) is 35.9 Å². The summed E-state index contributed by atoms with van der Waals surface area (Å²) in [5.74, 6) is -0.490. The van der Waals surface area contributed by atoms with Crippen LogP contribution in [0.25, 0.3) is 0 Å². The quantitative estimate of drug-likeness (QED) is 0.531. The van der Waals surface area contributed by atoms with Crippen molar-refractivity contribution in [3.8, 4) is 0 Å². The number of ether oxygens (including phenoxy) is 1. The molecular weight excluding hydrogens is 314 g/mol. The lowest BCUT2D eigenvalue weighted by atomic mass is 9.81. The Hall–Kier alpha value is -1.51. The van der Waals surface area contributed by atoms with Crippen LogP contribution in [-0.4, -0.2) is 80.9 Å². The number of aliphatic hydroxyl groups excluding tert-OH is 4. The van der Waals surface area contributed by atoms with Crippen LogP contribution < -0.4 is 0 Å². The highest BCUT2D eigenvalue weighted by molar-refractivity contribution is 5.89. The summed E-state index contributed by atoms with van der Waals surface area (Å²) in [6, 6.07) is 7.23. The smallest absolute Gasteiger partial charge is 0.338 e. The Morgan fingerprint density at radius 1 is 1.12 bits per heavy atom. The third-order valence-corrected chi connectivity index (χ3v) is 4.99. The fourth-order valence-corrected chi connectivity index (χ4v) is 3.76. The molecule has 0 saturated carbocycles. The van der Waals surface area contributed by atoms with Gasteiger partial charge in [0.25, 0.3) is 0 Å². The standard InChI is InChI=1S/C17H23NO6/c19-9-11-14(20)16(22)15(21)13-12(7-4-8-18(11)13)24-17(23)10-5-2-1-3-6-10/h1-3,5-6,11-16,19-22H,4,7-9H2/t11-,12+,13-,14-,15+,16+/m1/s1. The van der Waals surface area contributed by atoms with Gasteiger partial charge in [0.15, 0.2) is 0 Å². The third-order valence-electron chi connectivity index (χ3n) is 4.99. The van der Waals surface area contributed by atoms with Gasteiger partial charge < -0.3 is 25.2 Å². The monoisotopic (exact) mass is 337 g/mol. The lowest BCUT2D eigenvalue weighted by Crippen LogP contribution is -2.71. The van der Waals surface area contributed by atoms with Crippen molar-refractivity contribution in [1.29, 1.82) is 0 Å². The molecule has 2 fully saturated rings. The third kappa shape index (κ3) is 3.05. The number of aliphatic hydroxyl groups is 4. The molecule has 132 valence electrons. The maximum absolute atomic E-state index is 12.3. The minimum Gasteiger partial charge on any atom is -0.457 e. The number of piperidine rings is 2. The Morgan fingerprint density at radius 3 is 2.50 bits per heavy atom. The van der Waals surface area contributed by atoms with Crippen LogP contribution in [0.4, 0.5) is 0 Å². The number of nitrogens with zero attached hydrogens (tertiary/aromatic N) is 1. The van der Waals surface area contributed by atoms with E-state index in [9.17, 15) is 25.2 Å². The zero-order valence-electron chi connectivity index (χ0n) is 13.2. The number of benzene rings is 1. The van der Waals surface area contributed by atoms with Crippen LogP contribution in [-0.2, 0) is 4.74 Å². The van der Waals surface area contributed by atoms with E-state index in [0.717, 1.165) is 0 Å². The summed E-state index contributed by atoms with van der Waals surface area (Å²) >= 11 is 0. The molecule has 0 aliphatic carbocycles. The van der Waals surface area contributed by atoms with Gasteiger partial charge in [-0.25, -0.2) is 4.79 Å². The summed E-state index contributed by atoms with van der Waals surface area (Å²) in [4.78, 5) is 14.1. The predicted octanol–water partition coefficient (Wildman–Crippen LogP) is -0.866. The van der Waals surface area contributed by atoms with E-state index in [1.165, 1.54) is 0 Å². The van der Waals surface area contributed by atoms with Crippen molar-refractivity contribution >= 4 is 5.97 Å². The predicted molar refractivity (Wildman–Crippen MR) is 84.3 cm³/mol. The number of fused-ring (bicyclic) bond motifs is 1. The number of hydrogen-bond acceptors (Lipinski definition) is 7. The SMILES string of the molecule is O=C(O[C@H]1CCCN2[C@H]1[C@H](O)[C@@H](O)[C@H](O)[C@H]2CO)c1ccccc1. The topological polar surface area (TPSA) is 110 Å². The Labute approximate surface area is 140 Å². The number of carbonyl (C=O) groups is 1. The number of carbonyl (C=O) groups excluding carboxylic acids is 1. The maximum atomic E-state index is 12.3. The molecule has 7 nitrogen and oxygen atoms in total. The molecule has 0 unspecified atom stereocenters. The second-order valence-electron chi connectivity index (χ2n) is 6.40. The van der Waals surface area contributed by atoms with E-state index in [0.29, 0.717) is 24.9 Å². The highest BCUT2D eigenvalue weighted by Crippen LogP contribution is 2.33. The lowest BCUT2D eigenvalue weighted by Gasteiger charge is -2.53. The van der Waals surface area contributed by atoms with E-state index in [4.69, 9.17) is 4.74 Å². The van der Waals surface area contributed by atoms with E-state index in [2.05, 4.69) is 0 Å². The van der Waals surface area contributed by atoms with E-state index in [1.807, 2.05) is 0 Å². The summed E-state index contributed by atoms with van der Waals surface area (Å²) in [6.45, 7) is 0.205. The number of rotatable bonds is 3. The van der Waals surface area contributed by atoms with Crippen LogP contribution in [0, 0.1) is 0 Å². The van der Waals surface area contributed by atoms with Crippen molar-refractivity contribution in [2.45, 2.75) is 49.3 Å². The average molecular weight is 337 g/mol. The van der Waals surface area contributed by atoms with Gasteiger partial charge in [-0.05, 0) is 31.5 Å². The van der Waals surface area contributed by atoms with Crippen LogP contribution in [0.3, 0.4) is 0 Å². The summed E-state index contributed by atoms with van der Waals surface area (Å²) in [7, 11) is 0. The van der Waals surface area contributed by atoms with Crippen LogP contribution in [0.1, 0.15) is 23.2 Å². The fraction of sp³-hybridized carbons (Fsp3) is 0.588. The summed E-state index contributed by atoms with van der Waals surface area (Å²) in [6.07, 6.45) is -3.24. The van der Waals surface area contributed by atoms with Crippen molar-refractivity contribution in [3.63, 3.8) is 0 Å². The first-order valence-electron chi connectivity index (χ1n) is 8.21. The van der Waals surface area contributed by atoms with Crippen molar-refractivity contribution in [2.75, 3.05) is 13.2 Å². The summed E-state index contributed by atoms with van der Waals surface area (Å²) in [5, 5.41) is 40.1. The van der Waals surface area contributed by atoms with Gasteiger partial charge in [-0.1, -0.05) is 18.2 Å². The van der Waals surface area contributed by atoms with Gasteiger partial charge in [-0.2, -0.15) is 0 Å².